The first-order valence-electron chi connectivity index (χ1n) is 8.74. The molecule has 1 fully saturated rings. The molecule has 1 saturated carbocycles. The smallest absolute Gasteiger partial charge is 0.360 e. The van der Waals surface area contributed by atoms with Gasteiger partial charge in [-0.05, 0) is 42.6 Å². The maximum Gasteiger partial charge on any atom is 0.433 e. The van der Waals surface area contributed by atoms with Crippen LogP contribution in [0, 0.1) is 0 Å². The van der Waals surface area contributed by atoms with E-state index < -0.39 is 11.9 Å². The largest absolute Gasteiger partial charge is 0.433 e. The molecule has 2 aromatic rings. The predicted molar refractivity (Wildman–Crippen MR) is 101 cm³/mol. The summed E-state index contributed by atoms with van der Waals surface area (Å²) >= 11 is 5.14. The molecule has 0 unspecified atom stereocenters. The van der Waals surface area contributed by atoms with E-state index in [4.69, 9.17) is 12.2 Å². The van der Waals surface area contributed by atoms with Crippen LogP contribution in [0.25, 0.3) is 0 Å². The van der Waals surface area contributed by atoms with Crippen molar-refractivity contribution in [3.8, 4) is 0 Å². The molecular weight excluding hydrogens is 375 g/mol. The van der Waals surface area contributed by atoms with E-state index in [1.165, 1.54) is 5.56 Å². The van der Waals surface area contributed by atoms with Crippen LogP contribution in [0.3, 0.4) is 0 Å². The summed E-state index contributed by atoms with van der Waals surface area (Å²) in [6, 6.07) is 9.21. The van der Waals surface area contributed by atoms with Gasteiger partial charge in [0.2, 0.25) is 5.95 Å². The molecule has 0 saturated heterocycles. The molecule has 0 atom stereocenters. The molecule has 1 aliphatic heterocycles. The Morgan fingerprint density at radius 2 is 1.89 bits per heavy atom. The molecule has 142 valence electrons. The number of halogens is 3. The van der Waals surface area contributed by atoms with Crippen LogP contribution in [0.5, 0.6) is 0 Å². The second-order valence-corrected chi connectivity index (χ2v) is 7.15. The fourth-order valence-electron chi connectivity index (χ4n) is 3.04. The van der Waals surface area contributed by atoms with Crippen molar-refractivity contribution in [2.45, 2.75) is 38.0 Å². The number of hydrogen-bond acceptors (Lipinski definition) is 4. The van der Waals surface area contributed by atoms with Crippen LogP contribution in [0.15, 0.2) is 30.3 Å². The van der Waals surface area contributed by atoms with Gasteiger partial charge in [0.25, 0.3) is 0 Å². The Kier molecular flexibility index (Phi) is 4.63. The van der Waals surface area contributed by atoms with Crippen molar-refractivity contribution in [3.05, 3.63) is 47.2 Å². The van der Waals surface area contributed by atoms with Crippen molar-refractivity contribution in [1.29, 1.82) is 0 Å². The molecule has 1 aliphatic carbocycles. The summed E-state index contributed by atoms with van der Waals surface area (Å²) in [6.45, 7) is 1.10. The van der Waals surface area contributed by atoms with Crippen LogP contribution in [0.4, 0.5) is 24.9 Å². The molecule has 0 amide bonds. The normalized spacial score (nSPS) is 16.6. The lowest BCUT2D eigenvalue weighted by Gasteiger charge is -2.30. The minimum Gasteiger partial charge on any atom is -0.360 e. The summed E-state index contributed by atoms with van der Waals surface area (Å²) in [7, 11) is 0. The second kappa shape index (κ2) is 6.95. The lowest BCUT2D eigenvalue weighted by atomic mass is 10.00. The van der Waals surface area contributed by atoms with Crippen LogP contribution < -0.4 is 15.5 Å². The molecule has 27 heavy (non-hydrogen) atoms. The summed E-state index contributed by atoms with van der Waals surface area (Å²) in [4.78, 5) is 9.73. The minimum atomic E-state index is -4.56. The molecule has 4 rings (SSSR count). The van der Waals surface area contributed by atoms with Crippen LogP contribution >= 0.6 is 12.2 Å². The van der Waals surface area contributed by atoms with E-state index in [0.717, 1.165) is 30.9 Å². The summed E-state index contributed by atoms with van der Waals surface area (Å²) < 4.78 is 40.0. The topological polar surface area (TPSA) is 53.1 Å². The standard InChI is InChI=1S/C18H18F3N5S/c19-18(20,21)14-9-15(24-16(23-14)25-17(27)22-13-5-6-13)26-8-7-11-3-1-2-4-12(11)10-26/h1-4,9,13H,5-8,10H2,(H2,22,23,24,25,27). The Hall–Kier alpha value is -2.42. The van der Waals surface area contributed by atoms with Gasteiger partial charge in [0.15, 0.2) is 10.8 Å². The highest BCUT2D eigenvalue weighted by molar-refractivity contribution is 7.80. The molecule has 9 heteroatoms. The number of alkyl halides is 3. The minimum absolute atomic E-state index is 0.142. The monoisotopic (exact) mass is 393 g/mol. The molecule has 0 bridgehead atoms. The first kappa shape index (κ1) is 18.0. The van der Waals surface area contributed by atoms with Crippen molar-refractivity contribution >= 4 is 29.1 Å². The highest BCUT2D eigenvalue weighted by Gasteiger charge is 2.35. The molecule has 2 heterocycles. The van der Waals surface area contributed by atoms with E-state index in [0.29, 0.717) is 13.1 Å². The molecular formula is C18H18F3N5S. The van der Waals surface area contributed by atoms with E-state index in [2.05, 4.69) is 20.6 Å². The molecule has 2 N–H and O–H groups in total. The molecule has 0 radical (unpaired) electrons. The van der Waals surface area contributed by atoms with Gasteiger partial charge in [-0.1, -0.05) is 24.3 Å². The molecule has 5 nitrogen and oxygen atoms in total. The van der Waals surface area contributed by atoms with E-state index in [1.54, 1.807) is 0 Å². The van der Waals surface area contributed by atoms with Gasteiger partial charge in [-0.3, -0.25) is 0 Å². The number of benzene rings is 1. The lowest BCUT2D eigenvalue weighted by molar-refractivity contribution is -0.141. The maximum absolute atomic E-state index is 13.3. The van der Waals surface area contributed by atoms with Crippen molar-refractivity contribution in [2.24, 2.45) is 0 Å². The number of thiocarbonyl (C=S) groups is 1. The van der Waals surface area contributed by atoms with Gasteiger partial charge in [-0.25, -0.2) is 4.98 Å². The highest BCUT2D eigenvalue weighted by atomic mass is 32.1. The zero-order chi connectivity index (χ0) is 19.0. The number of nitrogens with one attached hydrogen (secondary N) is 2. The van der Waals surface area contributed by atoms with Gasteiger partial charge in [0, 0.05) is 25.2 Å². The summed E-state index contributed by atoms with van der Waals surface area (Å²) in [5.41, 5.74) is 1.33. The van der Waals surface area contributed by atoms with Crippen molar-refractivity contribution in [2.75, 3.05) is 16.8 Å². The van der Waals surface area contributed by atoms with Crippen LogP contribution in [0.1, 0.15) is 29.7 Å². The first-order chi connectivity index (χ1) is 12.9. The molecule has 1 aromatic heterocycles. The Balaban J connectivity index is 1.61. The van der Waals surface area contributed by atoms with Crippen molar-refractivity contribution < 1.29 is 13.2 Å². The first-order valence-corrected chi connectivity index (χ1v) is 9.15. The quantitative estimate of drug-likeness (QED) is 0.779. The number of rotatable bonds is 3. The van der Waals surface area contributed by atoms with E-state index in [1.807, 2.05) is 29.2 Å². The number of hydrogen-bond donors (Lipinski definition) is 2. The third-order valence-electron chi connectivity index (χ3n) is 4.60. The van der Waals surface area contributed by atoms with Gasteiger partial charge in [-0.15, -0.1) is 0 Å². The molecule has 2 aliphatic rings. The highest BCUT2D eigenvalue weighted by Crippen LogP contribution is 2.32. The van der Waals surface area contributed by atoms with Gasteiger partial charge in [0.1, 0.15) is 5.82 Å². The zero-order valence-corrected chi connectivity index (χ0v) is 15.2. The average molecular weight is 393 g/mol. The Labute approximate surface area is 160 Å². The fourth-order valence-corrected chi connectivity index (χ4v) is 3.30. The predicted octanol–water partition coefficient (Wildman–Crippen LogP) is 3.51. The number of fused-ring (bicyclic) bond motifs is 1. The lowest BCUT2D eigenvalue weighted by Crippen LogP contribution is -2.33. The van der Waals surface area contributed by atoms with Crippen LogP contribution in [-0.4, -0.2) is 27.7 Å². The summed E-state index contributed by atoms with van der Waals surface area (Å²) in [5.74, 6) is 0.0976. The maximum atomic E-state index is 13.3. The zero-order valence-electron chi connectivity index (χ0n) is 14.4. The van der Waals surface area contributed by atoms with Gasteiger partial charge in [-0.2, -0.15) is 18.2 Å². The molecule has 0 spiro atoms. The average Bonchev–Trinajstić information content (AvgIpc) is 3.44. The van der Waals surface area contributed by atoms with Gasteiger partial charge in [0.05, 0.1) is 0 Å². The van der Waals surface area contributed by atoms with E-state index >= 15 is 0 Å². The Morgan fingerprint density at radius 1 is 1.15 bits per heavy atom. The molecule has 1 aromatic carbocycles. The van der Waals surface area contributed by atoms with Crippen molar-refractivity contribution in [1.82, 2.24) is 15.3 Å². The van der Waals surface area contributed by atoms with E-state index in [9.17, 15) is 13.2 Å². The Morgan fingerprint density at radius 3 is 2.59 bits per heavy atom. The number of nitrogens with zero attached hydrogens (tertiary/aromatic N) is 3. The van der Waals surface area contributed by atoms with Crippen LogP contribution in [0.2, 0.25) is 0 Å². The SMILES string of the molecule is FC(F)(F)c1cc(N2CCc3ccccc3C2)nc(NC(=S)NC2CC2)n1. The third-order valence-corrected chi connectivity index (χ3v) is 4.82. The van der Waals surface area contributed by atoms with Crippen LogP contribution in [-0.2, 0) is 19.1 Å². The third kappa shape index (κ3) is 4.29. The number of anilines is 2. The van der Waals surface area contributed by atoms with Gasteiger partial charge >= 0.3 is 6.18 Å². The van der Waals surface area contributed by atoms with Gasteiger partial charge < -0.3 is 15.5 Å². The fraction of sp³-hybridized carbons (Fsp3) is 0.389. The van der Waals surface area contributed by atoms with Crippen molar-refractivity contribution in [3.63, 3.8) is 0 Å². The summed E-state index contributed by atoms with van der Waals surface area (Å²) in [5, 5.41) is 5.96. The van der Waals surface area contributed by atoms with E-state index in [-0.39, 0.29) is 22.9 Å². The second-order valence-electron chi connectivity index (χ2n) is 6.75. The Bertz CT molecular complexity index is 866. The number of aromatic nitrogens is 2. The summed E-state index contributed by atoms with van der Waals surface area (Å²) in [6.07, 6.45) is -1.80.